The molecular weight excluding hydrogens is 291 g/mol. The third-order valence-electron chi connectivity index (χ3n) is 2.54. The quantitative estimate of drug-likeness (QED) is 0.648. The fraction of sp³-hybridized carbons (Fsp3) is 0.462. The fourth-order valence-corrected chi connectivity index (χ4v) is 1.65. The number of benzene rings is 1. The van der Waals surface area contributed by atoms with Gasteiger partial charge in [-0.3, -0.25) is 4.99 Å². The zero-order valence-electron chi connectivity index (χ0n) is 11.1. The van der Waals surface area contributed by atoms with Crippen LogP contribution >= 0.6 is 11.6 Å². The average molecular weight is 308 g/mol. The molecule has 1 aromatic carbocycles. The second kappa shape index (κ2) is 7.99. The van der Waals surface area contributed by atoms with Crippen LogP contribution in [0, 0.1) is 0 Å². The number of nitrogens with one attached hydrogen (secondary N) is 2. The SMILES string of the molecule is CN=C(NCCc1ccc(Cl)cc1)NCCC(F)(F)F. The number of rotatable bonds is 5. The number of alkyl halides is 3. The van der Waals surface area contributed by atoms with Crippen molar-refractivity contribution < 1.29 is 13.2 Å². The van der Waals surface area contributed by atoms with Gasteiger partial charge in [-0.1, -0.05) is 23.7 Å². The van der Waals surface area contributed by atoms with Crippen LogP contribution in [0.3, 0.4) is 0 Å². The summed E-state index contributed by atoms with van der Waals surface area (Å²) in [6.45, 7) is 0.386. The van der Waals surface area contributed by atoms with Crippen LogP contribution < -0.4 is 10.6 Å². The van der Waals surface area contributed by atoms with Crippen molar-refractivity contribution in [2.24, 2.45) is 4.99 Å². The van der Waals surface area contributed by atoms with Gasteiger partial charge in [-0.15, -0.1) is 0 Å². The van der Waals surface area contributed by atoms with Crippen molar-refractivity contribution in [3.05, 3.63) is 34.9 Å². The zero-order valence-corrected chi connectivity index (χ0v) is 11.9. The van der Waals surface area contributed by atoms with Crippen molar-refractivity contribution in [2.75, 3.05) is 20.1 Å². The van der Waals surface area contributed by atoms with Crippen LogP contribution in [0.25, 0.3) is 0 Å². The predicted molar refractivity (Wildman–Crippen MR) is 75.2 cm³/mol. The van der Waals surface area contributed by atoms with Crippen LogP contribution in [-0.2, 0) is 6.42 Å². The molecule has 0 spiro atoms. The summed E-state index contributed by atoms with van der Waals surface area (Å²) in [5.74, 6) is 0.364. The van der Waals surface area contributed by atoms with Gasteiger partial charge >= 0.3 is 6.18 Å². The Bertz CT molecular complexity index is 429. The minimum Gasteiger partial charge on any atom is -0.356 e. The van der Waals surface area contributed by atoms with Crippen molar-refractivity contribution in [3.63, 3.8) is 0 Å². The van der Waals surface area contributed by atoms with Crippen LogP contribution in [0.4, 0.5) is 13.2 Å². The Kier molecular flexibility index (Phi) is 6.64. The van der Waals surface area contributed by atoms with Gasteiger partial charge in [0, 0.05) is 25.2 Å². The van der Waals surface area contributed by atoms with Crippen molar-refractivity contribution in [3.8, 4) is 0 Å². The molecule has 0 bridgehead atoms. The van der Waals surface area contributed by atoms with Gasteiger partial charge in [0.15, 0.2) is 5.96 Å². The average Bonchev–Trinajstić information content (AvgIpc) is 2.38. The first-order valence-corrected chi connectivity index (χ1v) is 6.54. The van der Waals surface area contributed by atoms with E-state index in [0.717, 1.165) is 12.0 Å². The molecule has 2 N–H and O–H groups in total. The van der Waals surface area contributed by atoms with E-state index in [-0.39, 0.29) is 6.54 Å². The summed E-state index contributed by atoms with van der Waals surface area (Å²) < 4.78 is 36.0. The molecule has 112 valence electrons. The summed E-state index contributed by atoms with van der Waals surface area (Å²) in [5, 5.41) is 6.25. The lowest BCUT2D eigenvalue weighted by Crippen LogP contribution is -2.39. The van der Waals surface area contributed by atoms with Crippen molar-refractivity contribution in [2.45, 2.75) is 19.0 Å². The minimum atomic E-state index is -4.16. The highest BCUT2D eigenvalue weighted by Gasteiger charge is 2.26. The third kappa shape index (κ3) is 7.23. The molecule has 0 aliphatic rings. The molecule has 0 aliphatic carbocycles. The lowest BCUT2D eigenvalue weighted by atomic mass is 10.1. The highest BCUT2D eigenvalue weighted by atomic mass is 35.5. The molecule has 0 radical (unpaired) electrons. The minimum absolute atomic E-state index is 0.190. The van der Waals surface area contributed by atoms with E-state index in [1.54, 1.807) is 12.1 Å². The Morgan fingerprint density at radius 1 is 1.15 bits per heavy atom. The number of hydrogen-bond acceptors (Lipinski definition) is 1. The normalized spacial score (nSPS) is 12.3. The van der Waals surface area contributed by atoms with Crippen molar-refractivity contribution in [1.29, 1.82) is 0 Å². The molecule has 0 saturated heterocycles. The van der Waals surface area contributed by atoms with Crippen molar-refractivity contribution >= 4 is 17.6 Å². The van der Waals surface area contributed by atoms with Gasteiger partial charge in [0.2, 0.25) is 0 Å². The molecule has 7 heteroatoms. The number of hydrogen-bond donors (Lipinski definition) is 2. The van der Waals surface area contributed by atoms with E-state index < -0.39 is 12.6 Å². The lowest BCUT2D eigenvalue weighted by Gasteiger charge is -2.12. The maximum Gasteiger partial charge on any atom is 0.390 e. The largest absolute Gasteiger partial charge is 0.390 e. The maximum atomic E-state index is 12.0. The van der Waals surface area contributed by atoms with Gasteiger partial charge in [-0.25, -0.2) is 0 Å². The smallest absolute Gasteiger partial charge is 0.356 e. The molecule has 0 aliphatic heterocycles. The Morgan fingerprint density at radius 2 is 1.75 bits per heavy atom. The zero-order chi connectivity index (χ0) is 15.0. The highest BCUT2D eigenvalue weighted by Crippen LogP contribution is 2.18. The Labute approximate surface area is 121 Å². The molecule has 0 unspecified atom stereocenters. The summed E-state index contributed by atoms with van der Waals surface area (Å²) in [4.78, 5) is 3.86. The maximum absolute atomic E-state index is 12.0. The predicted octanol–water partition coefficient (Wildman–Crippen LogP) is 3.00. The molecule has 20 heavy (non-hydrogen) atoms. The number of nitrogens with zero attached hydrogens (tertiary/aromatic N) is 1. The third-order valence-corrected chi connectivity index (χ3v) is 2.80. The van der Waals surface area contributed by atoms with Crippen LogP contribution in [0.5, 0.6) is 0 Å². The Balaban J connectivity index is 2.26. The molecule has 0 saturated carbocycles. The van der Waals surface area contributed by atoms with E-state index >= 15 is 0 Å². The molecule has 1 aromatic rings. The second-order valence-electron chi connectivity index (χ2n) is 4.17. The molecule has 0 aromatic heterocycles. The first-order valence-electron chi connectivity index (χ1n) is 6.16. The summed E-state index contributed by atoms with van der Waals surface area (Å²) in [5.41, 5.74) is 1.09. The van der Waals surface area contributed by atoms with E-state index in [1.807, 2.05) is 12.1 Å². The van der Waals surface area contributed by atoms with E-state index in [0.29, 0.717) is 17.5 Å². The van der Waals surface area contributed by atoms with E-state index in [4.69, 9.17) is 11.6 Å². The fourth-order valence-electron chi connectivity index (χ4n) is 1.52. The highest BCUT2D eigenvalue weighted by molar-refractivity contribution is 6.30. The van der Waals surface area contributed by atoms with Gasteiger partial charge in [0.1, 0.15) is 0 Å². The van der Waals surface area contributed by atoms with E-state index in [2.05, 4.69) is 15.6 Å². The monoisotopic (exact) mass is 307 g/mol. The summed E-state index contributed by atoms with van der Waals surface area (Å²) in [7, 11) is 1.52. The summed E-state index contributed by atoms with van der Waals surface area (Å²) in [6.07, 6.45) is -4.31. The molecule has 0 heterocycles. The Morgan fingerprint density at radius 3 is 2.30 bits per heavy atom. The van der Waals surface area contributed by atoms with Gasteiger partial charge < -0.3 is 10.6 Å². The van der Waals surface area contributed by atoms with E-state index in [9.17, 15) is 13.2 Å². The lowest BCUT2D eigenvalue weighted by molar-refractivity contribution is -0.132. The summed E-state index contributed by atoms with van der Waals surface area (Å²) in [6, 6.07) is 7.41. The van der Waals surface area contributed by atoms with E-state index in [1.165, 1.54) is 7.05 Å². The molecule has 0 fully saturated rings. The molecule has 1 rings (SSSR count). The van der Waals surface area contributed by atoms with Gasteiger partial charge in [-0.2, -0.15) is 13.2 Å². The second-order valence-corrected chi connectivity index (χ2v) is 4.60. The van der Waals surface area contributed by atoms with Crippen LogP contribution in [-0.4, -0.2) is 32.3 Å². The molecule has 0 atom stereocenters. The van der Waals surface area contributed by atoms with Gasteiger partial charge in [0.05, 0.1) is 6.42 Å². The standard InChI is InChI=1S/C13H17ClF3N3/c1-18-12(20-9-7-13(15,16)17)19-8-6-10-2-4-11(14)5-3-10/h2-5H,6-9H2,1H3,(H2,18,19,20). The summed E-state index contributed by atoms with van der Waals surface area (Å²) >= 11 is 5.78. The first-order chi connectivity index (χ1) is 9.40. The van der Waals surface area contributed by atoms with Crippen molar-refractivity contribution in [1.82, 2.24) is 10.6 Å². The molecule has 3 nitrogen and oxygen atoms in total. The van der Waals surface area contributed by atoms with Crippen LogP contribution in [0.15, 0.2) is 29.3 Å². The molecule has 0 amide bonds. The van der Waals surface area contributed by atoms with Crippen LogP contribution in [0.1, 0.15) is 12.0 Å². The van der Waals surface area contributed by atoms with Gasteiger partial charge in [0.25, 0.3) is 0 Å². The Hall–Kier alpha value is -1.43. The number of halogens is 4. The van der Waals surface area contributed by atoms with Crippen LogP contribution in [0.2, 0.25) is 5.02 Å². The number of aliphatic imine (C=N–C) groups is 1. The first kappa shape index (κ1) is 16.6. The van der Waals surface area contributed by atoms with Gasteiger partial charge in [-0.05, 0) is 24.1 Å². The number of guanidine groups is 1. The topological polar surface area (TPSA) is 36.4 Å². The molecular formula is C13H17ClF3N3.